The van der Waals surface area contributed by atoms with Gasteiger partial charge >= 0.3 is 0 Å². The van der Waals surface area contributed by atoms with Gasteiger partial charge in [0.25, 0.3) is 0 Å². The van der Waals surface area contributed by atoms with Crippen LogP contribution in [-0.4, -0.2) is 16.8 Å². The zero-order chi connectivity index (χ0) is 17.1. The summed E-state index contributed by atoms with van der Waals surface area (Å²) in [6.07, 6.45) is 1.96. The summed E-state index contributed by atoms with van der Waals surface area (Å²) in [6, 6.07) is 16.1. The van der Waals surface area contributed by atoms with E-state index >= 15 is 0 Å². The number of amides is 1. The third kappa shape index (κ3) is 3.65. The van der Waals surface area contributed by atoms with E-state index in [1.165, 1.54) is 6.07 Å². The summed E-state index contributed by atoms with van der Waals surface area (Å²) >= 11 is 0. The highest BCUT2D eigenvalue weighted by Crippen LogP contribution is 2.32. The SMILES string of the molecule is CC(C(=O)N(Cc1ccccc1F)C1CC1)C(N)c1ccccc1. The highest BCUT2D eigenvalue weighted by Gasteiger charge is 2.36. The van der Waals surface area contributed by atoms with Crippen molar-refractivity contribution >= 4 is 5.91 Å². The molecule has 2 N–H and O–H groups in total. The van der Waals surface area contributed by atoms with Crippen LogP contribution < -0.4 is 5.73 Å². The maximum Gasteiger partial charge on any atom is 0.227 e. The molecule has 2 atom stereocenters. The van der Waals surface area contributed by atoms with E-state index in [0.29, 0.717) is 12.1 Å². The van der Waals surface area contributed by atoms with Crippen LogP contribution in [0.15, 0.2) is 54.6 Å². The lowest BCUT2D eigenvalue weighted by Crippen LogP contribution is -2.40. The van der Waals surface area contributed by atoms with Crippen LogP contribution in [0.3, 0.4) is 0 Å². The molecule has 0 saturated heterocycles. The summed E-state index contributed by atoms with van der Waals surface area (Å²) < 4.78 is 14.0. The van der Waals surface area contributed by atoms with Crippen LogP contribution in [-0.2, 0) is 11.3 Å². The minimum Gasteiger partial charge on any atom is -0.335 e. The highest BCUT2D eigenvalue weighted by molar-refractivity contribution is 5.80. The van der Waals surface area contributed by atoms with Gasteiger partial charge < -0.3 is 10.6 Å². The second-order valence-electron chi connectivity index (χ2n) is 6.51. The average Bonchev–Trinajstić information content (AvgIpc) is 3.45. The lowest BCUT2D eigenvalue weighted by Gasteiger charge is -2.29. The first-order chi connectivity index (χ1) is 11.6. The zero-order valence-corrected chi connectivity index (χ0v) is 13.9. The predicted octanol–water partition coefficient (Wildman–Crippen LogP) is 3.65. The maximum absolute atomic E-state index is 14.0. The van der Waals surface area contributed by atoms with Gasteiger partial charge in [0.1, 0.15) is 5.82 Å². The Bertz CT molecular complexity index is 700. The fourth-order valence-corrected chi connectivity index (χ4v) is 2.96. The van der Waals surface area contributed by atoms with Crippen molar-refractivity contribution in [2.24, 2.45) is 11.7 Å². The number of rotatable bonds is 6. The summed E-state index contributed by atoms with van der Waals surface area (Å²) in [4.78, 5) is 14.8. The smallest absolute Gasteiger partial charge is 0.227 e. The molecule has 2 unspecified atom stereocenters. The van der Waals surface area contributed by atoms with E-state index in [1.807, 2.05) is 37.3 Å². The topological polar surface area (TPSA) is 46.3 Å². The molecular formula is C20H23FN2O. The van der Waals surface area contributed by atoms with E-state index in [-0.39, 0.29) is 29.7 Å². The molecule has 0 heterocycles. The normalized spacial score (nSPS) is 16.5. The molecule has 2 aromatic rings. The molecule has 126 valence electrons. The summed E-state index contributed by atoms with van der Waals surface area (Å²) in [5, 5.41) is 0. The summed E-state index contributed by atoms with van der Waals surface area (Å²) in [5.74, 6) is -0.618. The number of carbonyl (C=O) groups excluding carboxylic acids is 1. The van der Waals surface area contributed by atoms with Crippen molar-refractivity contribution in [1.29, 1.82) is 0 Å². The van der Waals surface area contributed by atoms with Crippen molar-refractivity contribution in [3.8, 4) is 0 Å². The molecule has 24 heavy (non-hydrogen) atoms. The van der Waals surface area contributed by atoms with Crippen LogP contribution in [0.4, 0.5) is 4.39 Å². The van der Waals surface area contributed by atoms with Gasteiger partial charge in [-0.25, -0.2) is 4.39 Å². The minimum atomic E-state index is -0.361. The minimum absolute atomic E-state index is 0.00268. The molecule has 0 aromatic heterocycles. The van der Waals surface area contributed by atoms with E-state index in [0.717, 1.165) is 18.4 Å². The van der Waals surface area contributed by atoms with Gasteiger partial charge in [-0.1, -0.05) is 55.5 Å². The quantitative estimate of drug-likeness (QED) is 0.881. The molecule has 1 amide bonds. The molecule has 2 aromatic carbocycles. The number of hydrogen-bond acceptors (Lipinski definition) is 2. The van der Waals surface area contributed by atoms with Crippen LogP contribution in [0, 0.1) is 11.7 Å². The Hall–Kier alpha value is -2.20. The second-order valence-corrected chi connectivity index (χ2v) is 6.51. The Morgan fingerprint density at radius 1 is 1.17 bits per heavy atom. The average molecular weight is 326 g/mol. The van der Waals surface area contributed by atoms with E-state index < -0.39 is 0 Å². The lowest BCUT2D eigenvalue weighted by molar-refractivity contribution is -0.137. The monoisotopic (exact) mass is 326 g/mol. The van der Waals surface area contributed by atoms with Crippen molar-refractivity contribution in [2.75, 3.05) is 0 Å². The molecule has 0 spiro atoms. The Labute approximate surface area is 142 Å². The molecule has 1 saturated carbocycles. The van der Waals surface area contributed by atoms with E-state index in [1.54, 1.807) is 23.1 Å². The third-order valence-electron chi connectivity index (χ3n) is 4.68. The summed E-state index contributed by atoms with van der Waals surface area (Å²) in [6.45, 7) is 2.17. The molecular weight excluding hydrogens is 303 g/mol. The van der Waals surface area contributed by atoms with Crippen LogP contribution >= 0.6 is 0 Å². The van der Waals surface area contributed by atoms with Gasteiger partial charge in [0.15, 0.2) is 0 Å². The Morgan fingerprint density at radius 2 is 1.79 bits per heavy atom. The summed E-state index contributed by atoms with van der Waals surface area (Å²) in [5.41, 5.74) is 7.80. The van der Waals surface area contributed by atoms with E-state index in [9.17, 15) is 9.18 Å². The molecule has 4 heteroatoms. The van der Waals surface area contributed by atoms with Crippen LogP contribution in [0.25, 0.3) is 0 Å². The first kappa shape index (κ1) is 16.7. The van der Waals surface area contributed by atoms with Gasteiger partial charge in [0.2, 0.25) is 5.91 Å². The molecule has 0 radical (unpaired) electrons. The van der Waals surface area contributed by atoms with Gasteiger partial charge in [-0.15, -0.1) is 0 Å². The van der Waals surface area contributed by atoms with Gasteiger partial charge in [-0.05, 0) is 24.5 Å². The van der Waals surface area contributed by atoms with Crippen molar-refractivity contribution in [3.63, 3.8) is 0 Å². The molecule has 1 fully saturated rings. The zero-order valence-electron chi connectivity index (χ0n) is 13.9. The number of halogens is 1. The molecule has 0 aliphatic heterocycles. The Kier molecular flexibility index (Phi) is 4.95. The van der Waals surface area contributed by atoms with Gasteiger partial charge in [-0.3, -0.25) is 4.79 Å². The largest absolute Gasteiger partial charge is 0.335 e. The molecule has 3 rings (SSSR count). The first-order valence-electron chi connectivity index (χ1n) is 8.42. The predicted molar refractivity (Wildman–Crippen MR) is 92.5 cm³/mol. The van der Waals surface area contributed by atoms with Crippen molar-refractivity contribution < 1.29 is 9.18 Å². The van der Waals surface area contributed by atoms with Gasteiger partial charge in [-0.2, -0.15) is 0 Å². The van der Waals surface area contributed by atoms with Crippen LogP contribution in [0.1, 0.15) is 36.9 Å². The molecule has 1 aliphatic rings. The molecule has 3 nitrogen and oxygen atoms in total. The van der Waals surface area contributed by atoms with Crippen molar-refractivity contribution in [2.45, 2.75) is 38.4 Å². The van der Waals surface area contributed by atoms with Crippen molar-refractivity contribution in [1.82, 2.24) is 4.90 Å². The van der Waals surface area contributed by atoms with Gasteiger partial charge in [0, 0.05) is 24.2 Å². The Morgan fingerprint density at radius 3 is 2.42 bits per heavy atom. The van der Waals surface area contributed by atoms with Gasteiger partial charge in [0.05, 0.1) is 5.92 Å². The van der Waals surface area contributed by atoms with Crippen LogP contribution in [0.2, 0.25) is 0 Å². The first-order valence-corrected chi connectivity index (χ1v) is 8.42. The summed E-state index contributed by atoms with van der Waals surface area (Å²) in [7, 11) is 0. The Balaban J connectivity index is 1.76. The van der Waals surface area contributed by atoms with Crippen LogP contribution in [0.5, 0.6) is 0 Å². The molecule has 1 aliphatic carbocycles. The number of carbonyl (C=O) groups is 1. The number of nitrogens with two attached hydrogens (primary N) is 1. The van der Waals surface area contributed by atoms with Crippen molar-refractivity contribution in [3.05, 3.63) is 71.5 Å². The van der Waals surface area contributed by atoms with E-state index in [4.69, 9.17) is 5.73 Å². The fraction of sp³-hybridized carbons (Fsp3) is 0.350. The number of nitrogens with zero attached hydrogens (tertiary/aromatic N) is 1. The standard InChI is InChI=1S/C20H23FN2O/c1-14(19(22)15-7-3-2-4-8-15)20(24)23(17-11-12-17)13-16-9-5-6-10-18(16)21/h2-10,14,17,19H,11-13,22H2,1H3. The maximum atomic E-state index is 14.0. The lowest BCUT2D eigenvalue weighted by atomic mass is 9.94. The number of benzene rings is 2. The number of hydrogen-bond donors (Lipinski definition) is 1. The van der Waals surface area contributed by atoms with E-state index in [2.05, 4.69) is 0 Å². The highest BCUT2D eigenvalue weighted by atomic mass is 19.1. The second kappa shape index (κ2) is 7.14. The third-order valence-corrected chi connectivity index (χ3v) is 4.68. The fourth-order valence-electron chi connectivity index (χ4n) is 2.96. The molecule has 0 bridgehead atoms.